The van der Waals surface area contributed by atoms with Crippen LogP contribution in [0, 0.1) is 23.5 Å². The van der Waals surface area contributed by atoms with Crippen LogP contribution in [0.5, 0.6) is 0 Å². The molecule has 5 nitrogen and oxygen atoms in total. The summed E-state index contributed by atoms with van der Waals surface area (Å²) in [7, 11) is 0. The number of fused-ring (bicyclic) bond motifs is 1. The summed E-state index contributed by atoms with van der Waals surface area (Å²) in [4.78, 5) is 37.9. The standard InChI is InChI=1S/C18H20F2N2O3/c1-10(12-7-6-11(19)8-15(12)20)21-16(23)9-22-17(24)13-4-2-3-5-14(13)18(22)25/h6-8,10,13-14H,2-5,9H2,1H3,(H,21,23)/t10-,13-,14+/m0/s1. The Kier molecular flexibility index (Phi) is 4.83. The van der Waals surface area contributed by atoms with E-state index < -0.39 is 23.6 Å². The van der Waals surface area contributed by atoms with Crippen molar-refractivity contribution in [2.75, 3.05) is 6.54 Å². The van der Waals surface area contributed by atoms with Crippen LogP contribution in [0.1, 0.15) is 44.2 Å². The normalized spacial score (nSPS) is 24.2. The predicted octanol–water partition coefficient (Wildman–Crippen LogP) is 2.32. The lowest BCUT2D eigenvalue weighted by Crippen LogP contribution is -2.41. The Morgan fingerprint density at radius 2 is 1.80 bits per heavy atom. The Hall–Kier alpha value is -2.31. The van der Waals surface area contributed by atoms with Gasteiger partial charge in [-0.2, -0.15) is 0 Å². The van der Waals surface area contributed by atoms with Crippen molar-refractivity contribution in [2.45, 2.75) is 38.6 Å². The summed E-state index contributed by atoms with van der Waals surface area (Å²) < 4.78 is 26.7. The Morgan fingerprint density at radius 1 is 1.20 bits per heavy atom. The quantitative estimate of drug-likeness (QED) is 0.848. The molecule has 1 aliphatic carbocycles. The molecule has 25 heavy (non-hydrogen) atoms. The molecule has 1 N–H and O–H groups in total. The second-order valence-corrected chi connectivity index (χ2v) is 6.72. The van der Waals surface area contributed by atoms with Crippen LogP contribution in [-0.2, 0) is 14.4 Å². The molecule has 1 aromatic carbocycles. The Bertz CT molecular complexity index is 698. The summed E-state index contributed by atoms with van der Waals surface area (Å²) in [5.74, 6) is -3.18. The third kappa shape index (κ3) is 3.41. The fourth-order valence-electron chi connectivity index (χ4n) is 3.75. The Balaban J connectivity index is 1.64. The number of halogens is 2. The van der Waals surface area contributed by atoms with Crippen LogP contribution < -0.4 is 5.32 Å². The van der Waals surface area contributed by atoms with E-state index in [1.165, 1.54) is 6.07 Å². The van der Waals surface area contributed by atoms with Gasteiger partial charge in [0.05, 0.1) is 17.9 Å². The maximum Gasteiger partial charge on any atom is 0.240 e. The van der Waals surface area contributed by atoms with Gasteiger partial charge in [-0.1, -0.05) is 18.9 Å². The molecule has 3 amide bonds. The largest absolute Gasteiger partial charge is 0.348 e. The van der Waals surface area contributed by atoms with Crippen LogP contribution in [0.15, 0.2) is 18.2 Å². The van der Waals surface area contributed by atoms with Gasteiger partial charge in [-0.05, 0) is 25.8 Å². The minimum Gasteiger partial charge on any atom is -0.348 e. The molecule has 3 rings (SSSR count). The fourth-order valence-corrected chi connectivity index (χ4v) is 3.75. The highest BCUT2D eigenvalue weighted by Gasteiger charge is 2.48. The Morgan fingerprint density at radius 3 is 2.36 bits per heavy atom. The highest BCUT2D eigenvalue weighted by Crippen LogP contribution is 2.37. The highest BCUT2D eigenvalue weighted by atomic mass is 19.1. The molecule has 0 radical (unpaired) electrons. The number of amides is 3. The molecule has 1 aliphatic heterocycles. The number of carbonyl (C=O) groups is 3. The molecule has 7 heteroatoms. The van der Waals surface area contributed by atoms with Crippen molar-refractivity contribution in [3.05, 3.63) is 35.4 Å². The van der Waals surface area contributed by atoms with E-state index in [9.17, 15) is 23.2 Å². The van der Waals surface area contributed by atoms with E-state index in [0.717, 1.165) is 29.9 Å². The van der Waals surface area contributed by atoms with E-state index >= 15 is 0 Å². The molecule has 1 saturated heterocycles. The van der Waals surface area contributed by atoms with Crippen molar-refractivity contribution in [2.24, 2.45) is 11.8 Å². The minimum atomic E-state index is -0.757. The van der Waals surface area contributed by atoms with Crippen LogP contribution in [0.3, 0.4) is 0 Å². The summed E-state index contributed by atoms with van der Waals surface area (Å²) in [6.45, 7) is 1.19. The topological polar surface area (TPSA) is 66.5 Å². The van der Waals surface area contributed by atoms with E-state index in [2.05, 4.69) is 5.32 Å². The van der Waals surface area contributed by atoms with Gasteiger partial charge in [0.2, 0.25) is 17.7 Å². The number of nitrogens with zero attached hydrogens (tertiary/aromatic N) is 1. The van der Waals surface area contributed by atoms with E-state index in [1.54, 1.807) is 6.92 Å². The molecule has 1 saturated carbocycles. The second kappa shape index (κ2) is 6.90. The van der Waals surface area contributed by atoms with Gasteiger partial charge >= 0.3 is 0 Å². The van der Waals surface area contributed by atoms with Crippen molar-refractivity contribution < 1.29 is 23.2 Å². The third-order valence-electron chi connectivity index (χ3n) is 5.04. The molecule has 3 atom stereocenters. The lowest BCUT2D eigenvalue weighted by molar-refractivity contribution is -0.143. The lowest BCUT2D eigenvalue weighted by atomic mass is 9.81. The summed E-state index contributed by atoms with van der Waals surface area (Å²) >= 11 is 0. The maximum absolute atomic E-state index is 13.8. The zero-order valence-electron chi connectivity index (χ0n) is 13.9. The summed E-state index contributed by atoms with van der Waals surface area (Å²) in [6, 6.07) is 2.41. The Labute approximate surface area is 144 Å². The van der Waals surface area contributed by atoms with Gasteiger partial charge in [0.15, 0.2) is 0 Å². The van der Waals surface area contributed by atoms with Crippen molar-refractivity contribution in [3.63, 3.8) is 0 Å². The molecule has 1 heterocycles. The van der Waals surface area contributed by atoms with Gasteiger partial charge in [-0.15, -0.1) is 0 Å². The molecule has 0 spiro atoms. The average molecular weight is 350 g/mol. The van der Waals surface area contributed by atoms with Crippen LogP contribution in [-0.4, -0.2) is 29.2 Å². The number of carbonyl (C=O) groups excluding carboxylic acids is 3. The number of hydrogen-bond acceptors (Lipinski definition) is 3. The van der Waals surface area contributed by atoms with Crippen LogP contribution in [0.2, 0.25) is 0 Å². The van der Waals surface area contributed by atoms with Crippen LogP contribution in [0.25, 0.3) is 0 Å². The minimum absolute atomic E-state index is 0.141. The number of imide groups is 1. The highest BCUT2D eigenvalue weighted by molar-refractivity contribution is 6.07. The van der Waals surface area contributed by atoms with E-state index in [-0.39, 0.29) is 35.8 Å². The van der Waals surface area contributed by atoms with Gasteiger partial charge in [-0.25, -0.2) is 8.78 Å². The fraction of sp³-hybridized carbons (Fsp3) is 0.500. The second-order valence-electron chi connectivity index (χ2n) is 6.72. The van der Waals surface area contributed by atoms with Crippen molar-refractivity contribution >= 4 is 17.7 Å². The molecular formula is C18H20F2N2O3. The summed E-state index contributed by atoms with van der Waals surface area (Å²) in [5.41, 5.74) is 0.141. The lowest BCUT2D eigenvalue weighted by Gasteiger charge is -2.19. The SMILES string of the molecule is C[C@H](NC(=O)CN1C(=O)[C@H]2CCCC[C@H]2C1=O)c1ccc(F)cc1F. The first-order valence-corrected chi connectivity index (χ1v) is 8.48. The summed E-state index contributed by atoms with van der Waals surface area (Å²) in [5, 5.41) is 2.56. The first-order chi connectivity index (χ1) is 11.9. The van der Waals surface area contributed by atoms with E-state index in [0.29, 0.717) is 12.8 Å². The van der Waals surface area contributed by atoms with Crippen LogP contribution in [0.4, 0.5) is 8.78 Å². The molecule has 2 aliphatic rings. The molecular weight excluding hydrogens is 330 g/mol. The first-order valence-electron chi connectivity index (χ1n) is 8.48. The summed E-state index contributed by atoms with van der Waals surface area (Å²) in [6.07, 6.45) is 3.21. The number of hydrogen-bond donors (Lipinski definition) is 1. The first kappa shape index (κ1) is 17.5. The average Bonchev–Trinajstić information content (AvgIpc) is 2.80. The molecule has 0 aromatic heterocycles. The van der Waals surface area contributed by atoms with Gasteiger partial charge in [0.25, 0.3) is 0 Å². The molecule has 2 fully saturated rings. The smallest absolute Gasteiger partial charge is 0.240 e. The van der Waals surface area contributed by atoms with Gasteiger partial charge < -0.3 is 5.32 Å². The van der Waals surface area contributed by atoms with Gasteiger partial charge in [0, 0.05) is 11.6 Å². The van der Waals surface area contributed by atoms with Gasteiger partial charge in [-0.3, -0.25) is 19.3 Å². The zero-order valence-corrected chi connectivity index (χ0v) is 13.9. The molecule has 134 valence electrons. The number of nitrogens with one attached hydrogen (secondary N) is 1. The van der Waals surface area contributed by atoms with E-state index in [4.69, 9.17) is 0 Å². The zero-order chi connectivity index (χ0) is 18.1. The van der Waals surface area contributed by atoms with Crippen molar-refractivity contribution in [3.8, 4) is 0 Å². The monoisotopic (exact) mass is 350 g/mol. The van der Waals surface area contributed by atoms with Crippen molar-refractivity contribution in [1.82, 2.24) is 10.2 Å². The van der Waals surface area contributed by atoms with Crippen molar-refractivity contribution in [1.29, 1.82) is 0 Å². The van der Waals surface area contributed by atoms with Crippen LogP contribution >= 0.6 is 0 Å². The number of likely N-dealkylation sites (tertiary alicyclic amines) is 1. The number of benzene rings is 1. The van der Waals surface area contributed by atoms with Gasteiger partial charge in [0.1, 0.15) is 18.2 Å². The maximum atomic E-state index is 13.8. The molecule has 1 aromatic rings. The predicted molar refractivity (Wildman–Crippen MR) is 85.1 cm³/mol. The molecule has 0 bridgehead atoms. The van der Waals surface area contributed by atoms with E-state index in [1.807, 2.05) is 0 Å². The molecule has 0 unspecified atom stereocenters. The number of rotatable bonds is 4. The third-order valence-corrected chi connectivity index (χ3v) is 5.04.